The largest absolute Gasteiger partial charge is 0.350 e. The van der Waals surface area contributed by atoms with Crippen LogP contribution in [0.15, 0.2) is 48.5 Å². The first-order valence-corrected chi connectivity index (χ1v) is 10.7. The zero-order valence-corrected chi connectivity index (χ0v) is 17.7. The highest BCUT2D eigenvalue weighted by molar-refractivity contribution is 5.90. The van der Waals surface area contributed by atoms with E-state index in [0.29, 0.717) is 25.9 Å². The second kappa shape index (κ2) is 9.26. The maximum absolute atomic E-state index is 12.9. The molecule has 8 heteroatoms. The van der Waals surface area contributed by atoms with Gasteiger partial charge < -0.3 is 16.0 Å². The van der Waals surface area contributed by atoms with Gasteiger partial charge in [0.2, 0.25) is 11.8 Å². The van der Waals surface area contributed by atoms with Gasteiger partial charge in [-0.2, -0.15) is 0 Å². The number of nitrogens with two attached hydrogens (primary N) is 1. The molecule has 3 N–H and O–H groups in total. The van der Waals surface area contributed by atoms with E-state index in [-0.39, 0.29) is 11.8 Å². The first kappa shape index (κ1) is 21.0. The lowest BCUT2D eigenvalue weighted by Gasteiger charge is -2.26. The van der Waals surface area contributed by atoms with Crippen LogP contribution < -0.4 is 11.1 Å². The molecule has 2 aromatic carbocycles. The van der Waals surface area contributed by atoms with Crippen molar-refractivity contribution in [2.75, 3.05) is 6.54 Å². The molecule has 1 fully saturated rings. The molecule has 162 valence electrons. The second-order valence-electron chi connectivity index (χ2n) is 8.07. The van der Waals surface area contributed by atoms with Crippen LogP contribution in [0.3, 0.4) is 0 Å². The van der Waals surface area contributed by atoms with E-state index in [1.54, 1.807) is 9.58 Å². The minimum absolute atomic E-state index is 0.139. The van der Waals surface area contributed by atoms with Crippen molar-refractivity contribution in [2.24, 2.45) is 12.8 Å². The van der Waals surface area contributed by atoms with Gasteiger partial charge in [0.05, 0.1) is 11.6 Å². The fourth-order valence-corrected chi connectivity index (χ4v) is 4.11. The number of hydrogen-bond donors (Lipinski definition) is 2. The standard InChI is InChI=1S/C23H28N6O2/c1-28-20-12-10-17(14-19(20)26-27-28)15-25-22(30)21-8-5-13-29(21)23(31)18(24)11-9-16-6-3-2-4-7-16/h2-4,6-7,10,12,14,18,21H,5,8-9,11,13,15,24H2,1H3,(H,25,30)/t18-,21+/m1/s1. The zero-order valence-electron chi connectivity index (χ0n) is 17.7. The molecule has 0 bridgehead atoms. The first-order chi connectivity index (χ1) is 15.0. The minimum atomic E-state index is -0.604. The molecule has 2 amide bonds. The van der Waals surface area contributed by atoms with E-state index in [1.165, 1.54) is 0 Å². The monoisotopic (exact) mass is 420 g/mol. The summed E-state index contributed by atoms with van der Waals surface area (Å²) in [5, 5.41) is 11.1. The van der Waals surface area contributed by atoms with Gasteiger partial charge in [-0.3, -0.25) is 9.59 Å². The van der Waals surface area contributed by atoms with Gasteiger partial charge in [0, 0.05) is 20.1 Å². The Balaban J connectivity index is 1.33. The topological polar surface area (TPSA) is 106 Å². The molecule has 4 rings (SSSR count). The van der Waals surface area contributed by atoms with Crippen LogP contribution in [0.5, 0.6) is 0 Å². The third-order valence-electron chi connectivity index (χ3n) is 5.88. The summed E-state index contributed by atoms with van der Waals surface area (Å²) in [6.45, 7) is 0.950. The van der Waals surface area contributed by atoms with Crippen LogP contribution >= 0.6 is 0 Å². The maximum Gasteiger partial charge on any atom is 0.243 e. The number of benzene rings is 2. The molecule has 31 heavy (non-hydrogen) atoms. The third kappa shape index (κ3) is 4.74. The zero-order chi connectivity index (χ0) is 21.8. The summed E-state index contributed by atoms with van der Waals surface area (Å²) in [4.78, 5) is 27.4. The normalized spacial score (nSPS) is 17.1. The SMILES string of the molecule is Cn1nnc2cc(CNC(=O)[C@@H]3CCCN3C(=O)[C@H](N)CCc3ccccc3)ccc21. The van der Waals surface area contributed by atoms with Gasteiger partial charge in [0.15, 0.2) is 0 Å². The van der Waals surface area contributed by atoms with E-state index in [4.69, 9.17) is 5.73 Å². The predicted octanol–water partition coefficient (Wildman–Crippen LogP) is 1.54. The quantitative estimate of drug-likeness (QED) is 0.603. The van der Waals surface area contributed by atoms with Crippen molar-refractivity contribution in [2.45, 2.75) is 44.3 Å². The van der Waals surface area contributed by atoms with Crippen LogP contribution in [-0.2, 0) is 29.6 Å². The Kier molecular flexibility index (Phi) is 6.27. The van der Waals surface area contributed by atoms with E-state index in [0.717, 1.165) is 35.0 Å². The van der Waals surface area contributed by atoms with Gasteiger partial charge in [-0.05, 0) is 48.9 Å². The Hall–Kier alpha value is -3.26. The van der Waals surface area contributed by atoms with Crippen molar-refractivity contribution >= 4 is 22.8 Å². The molecule has 3 aromatic rings. The van der Waals surface area contributed by atoms with E-state index in [9.17, 15) is 9.59 Å². The highest BCUT2D eigenvalue weighted by Gasteiger charge is 2.35. The van der Waals surface area contributed by atoms with Gasteiger partial charge in [0.1, 0.15) is 11.6 Å². The molecule has 0 saturated carbocycles. The summed E-state index contributed by atoms with van der Waals surface area (Å²) >= 11 is 0. The van der Waals surface area contributed by atoms with Crippen molar-refractivity contribution in [1.29, 1.82) is 0 Å². The Labute approximate surface area is 181 Å². The number of nitrogens with one attached hydrogen (secondary N) is 1. The minimum Gasteiger partial charge on any atom is -0.350 e. The average molecular weight is 421 g/mol. The molecule has 2 heterocycles. The van der Waals surface area contributed by atoms with Crippen LogP contribution in [0, 0.1) is 0 Å². The van der Waals surface area contributed by atoms with Crippen molar-refractivity contribution in [1.82, 2.24) is 25.2 Å². The molecule has 1 saturated heterocycles. The predicted molar refractivity (Wildman–Crippen MR) is 118 cm³/mol. The number of amides is 2. The van der Waals surface area contributed by atoms with Gasteiger partial charge in [0.25, 0.3) is 0 Å². The Morgan fingerprint density at radius 1 is 1.19 bits per heavy atom. The lowest BCUT2D eigenvalue weighted by molar-refractivity contribution is -0.139. The molecular weight excluding hydrogens is 392 g/mol. The van der Waals surface area contributed by atoms with Crippen LogP contribution in [-0.4, -0.2) is 50.3 Å². The van der Waals surface area contributed by atoms with Crippen LogP contribution in [0.1, 0.15) is 30.4 Å². The van der Waals surface area contributed by atoms with Crippen LogP contribution in [0.25, 0.3) is 11.0 Å². The number of fused-ring (bicyclic) bond motifs is 1. The lowest BCUT2D eigenvalue weighted by Crippen LogP contribution is -2.51. The number of aryl methyl sites for hydroxylation is 2. The molecule has 1 aliphatic heterocycles. The number of likely N-dealkylation sites (tertiary alicyclic amines) is 1. The molecule has 2 atom stereocenters. The number of rotatable bonds is 7. The van der Waals surface area contributed by atoms with Gasteiger partial charge >= 0.3 is 0 Å². The Bertz CT molecular complexity index is 1060. The van der Waals surface area contributed by atoms with E-state index >= 15 is 0 Å². The van der Waals surface area contributed by atoms with E-state index in [2.05, 4.69) is 15.6 Å². The highest BCUT2D eigenvalue weighted by atomic mass is 16.2. The summed E-state index contributed by atoms with van der Waals surface area (Å²) in [6, 6.07) is 14.7. The summed E-state index contributed by atoms with van der Waals surface area (Å²) in [6.07, 6.45) is 2.77. The fraction of sp³-hybridized carbons (Fsp3) is 0.391. The smallest absolute Gasteiger partial charge is 0.243 e. The molecular formula is C23H28N6O2. The maximum atomic E-state index is 12.9. The molecule has 0 spiro atoms. The first-order valence-electron chi connectivity index (χ1n) is 10.7. The van der Waals surface area contributed by atoms with Crippen LogP contribution in [0.4, 0.5) is 0 Å². The van der Waals surface area contributed by atoms with E-state index < -0.39 is 12.1 Å². The third-order valence-corrected chi connectivity index (χ3v) is 5.88. The summed E-state index contributed by atoms with van der Waals surface area (Å²) in [5.74, 6) is -0.282. The van der Waals surface area contributed by atoms with Crippen LogP contribution in [0.2, 0.25) is 0 Å². The Morgan fingerprint density at radius 3 is 2.81 bits per heavy atom. The molecule has 8 nitrogen and oxygen atoms in total. The molecule has 0 aliphatic carbocycles. The molecule has 1 aromatic heterocycles. The summed E-state index contributed by atoms with van der Waals surface area (Å²) in [5.41, 5.74) is 10.0. The van der Waals surface area contributed by atoms with Gasteiger partial charge in [-0.25, -0.2) is 4.68 Å². The molecule has 0 radical (unpaired) electrons. The summed E-state index contributed by atoms with van der Waals surface area (Å²) < 4.78 is 1.71. The van der Waals surface area contributed by atoms with Gasteiger partial charge in [-0.1, -0.05) is 41.6 Å². The van der Waals surface area contributed by atoms with Crippen molar-refractivity contribution in [3.05, 3.63) is 59.7 Å². The summed E-state index contributed by atoms with van der Waals surface area (Å²) in [7, 11) is 1.84. The van der Waals surface area contributed by atoms with Crippen molar-refractivity contribution in [3.63, 3.8) is 0 Å². The fourth-order valence-electron chi connectivity index (χ4n) is 4.11. The molecule has 1 aliphatic rings. The number of hydrogen-bond acceptors (Lipinski definition) is 5. The number of aromatic nitrogens is 3. The van der Waals surface area contributed by atoms with Crippen molar-refractivity contribution in [3.8, 4) is 0 Å². The lowest BCUT2D eigenvalue weighted by atomic mass is 10.0. The van der Waals surface area contributed by atoms with E-state index in [1.807, 2.05) is 55.6 Å². The Morgan fingerprint density at radius 2 is 2.00 bits per heavy atom. The highest BCUT2D eigenvalue weighted by Crippen LogP contribution is 2.20. The number of carbonyl (C=O) groups is 2. The van der Waals surface area contributed by atoms with Crippen molar-refractivity contribution < 1.29 is 9.59 Å². The average Bonchev–Trinajstić information content (AvgIpc) is 3.43. The number of nitrogens with zero attached hydrogens (tertiary/aromatic N) is 4. The molecule has 0 unspecified atom stereocenters. The number of carbonyl (C=O) groups excluding carboxylic acids is 2. The second-order valence-corrected chi connectivity index (χ2v) is 8.07. The van der Waals surface area contributed by atoms with Gasteiger partial charge in [-0.15, -0.1) is 5.10 Å².